The highest BCUT2D eigenvalue weighted by atomic mass is 28.3. The zero-order chi connectivity index (χ0) is 11.5. The molecule has 0 amide bonds. The quantitative estimate of drug-likeness (QED) is 0.782. The average molecular weight is 227 g/mol. The van der Waals surface area contributed by atoms with E-state index in [1.165, 1.54) is 5.56 Å². The van der Waals surface area contributed by atoms with Crippen LogP contribution in [0.5, 0.6) is 0 Å². The van der Waals surface area contributed by atoms with Crippen molar-refractivity contribution in [1.82, 2.24) is 5.32 Å². The van der Waals surface area contributed by atoms with E-state index >= 15 is 0 Å². The van der Waals surface area contributed by atoms with Crippen LogP contribution in [0, 0.1) is 0 Å². The van der Waals surface area contributed by atoms with Crippen molar-refractivity contribution in [3.8, 4) is 0 Å². The van der Waals surface area contributed by atoms with E-state index in [0.29, 0.717) is 0 Å². The van der Waals surface area contributed by atoms with Crippen molar-refractivity contribution < 1.29 is 8.85 Å². The van der Waals surface area contributed by atoms with E-state index in [1.807, 2.05) is 32.3 Å². The highest BCUT2D eigenvalue weighted by Gasteiger charge is 2.09. The van der Waals surface area contributed by atoms with E-state index in [0.717, 1.165) is 6.04 Å². The van der Waals surface area contributed by atoms with Gasteiger partial charge in [-0.05, 0) is 19.7 Å². The van der Waals surface area contributed by atoms with Gasteiger partial charge >= 0.3 is 9.28 Å². The van der Waals surface area contributed by atoms with Crippen molar-refractivity contribution in [2.75, 3.05) is 28.3 Å². The Morgan fingerprint density at radius 3 is 1.93 bits per heavy atom. The summed E-state index contributed by atoms with van der Waals surface area (Å²) < 4.78 is 10.4. The Bertz CT molecular complexity index is 227. The Morgan fingerprint density at radius 2 is 1.53 bits per heavy atom. The van der Waals surface area contributed by atoms with Gasteiger partial charge in [0, 0.05) is 20.3 Å². The molecular formula is C11H21NO2Si. The highest BCUT2D eigenvalue weighted by Crippen LogP contribution is 2.02. The lowest BCUT2D eigenvalue weighted by molar-refractivity contribution is 0.277. The molecule has 1 N–H and O–H groups in total. The van der Waals surface area contributed by atoms with E-state index in [4.69, 9.17) is 8.85 Å². The van der Waals surface area contributed by atoms with Gasteiger partial charge < -0.3 is 14.2 Å². The SMILES string of the molecule is CNC.CO[SiH](Cc1ccccc1)OC. The van der Waals surface area contributed by atoms with Crippen LogP contribution in [0.4, 0.5) is 0 Å². The van der Waals surface area contributed by atoms with Gasteiger partial charge in [0.15, 0.2) is 0 Å². The smallest absolute Gasteiger partial charge is 0.325 e. The van der Waals surface area contributed by atoms with Gasteiger partial charge in [0.2, 0.25) is 0 Å². The third kappa shape index (κ3) is 7.27. The summed E-state index contributed by atoms with van der Waals surface area (Å²) >= 11 is 0. The lowest BCUT2D eigenvalue weighted by Crippen LogP contribution is -2.22. The first-order chi connectivity index (χ1) is 7.28. The largest absolute Gasteiger partial charge is 0.400 e. The minimum absolute atomic E-state index is 0.938. The number of benzene rings is 1. The van der Waals surface area contributed by atoms with Crippen LogP contribution in [0.15, 0.2) is 30.3 Å². The summed E-state index contributed by atoms with van der Waals surface area (Å²) in [6, 6.07) is 11.2. The van der Waals surface area contributed by atoms with Crippen molar-refractivity contribution in [2.45, 2.75) is 6.04 Å². The van der Waals surface area contributed by atoms with Crippen LogP contribution in [0.25, 0.3) is 0 Å². The molecule has 0 heterocycles. The molecular weight excluding hydrogens is 206 g/mol. The molecule has 4 heteroatoms. The first-order valence-corrected chi connectivity index (χ1v) is 6.72. The Labute approximate surface area is 94.3 Å². The minimum atomic E-state index is -1.42. The number of rotatable bonds is 4. The first kappa shape index (κ1) is 14.3. The van der Waals surface area contributed by atoms with Gasteiger partial charge in [0.05, 0.1) is 0 Å². The maximum absolute atomic E-state index is 5.22. The van der Waals surface area contributed by atoms with Crippen molar-refractivity contribution in [2.24, 2.45) is 0 Å². The van der Waals surface area contributed by atoms with Crippen LogP contribution in [0.3, 0.4) is 0 Å². The Hall–Kier alpha value is -0.683. The maximum atomic E-state index is 5.22. The molecule has 3 nitrogen and oxygen atoms in total. The van der Waals surface area contributed by atoms with Crippen LogP contribution in [0.2, 0.25) is 0 Å². The molecule has 0 saturated heterocycles. The van der Waals surface area contributed by atoms with Gasteiger partial charge in [-0.15, -0.1) is 0 Å². The van der Waals surface area contributed by atoms with Gasteiger partial charge in [0.1, 0.15) is 0 Å². The second kappa shape index (κ2) is 9.86. The van der Waals surface area contributed by atoms with Crippen molar-refractivity contribution in [3.63, 3.8) is 0 Å². The molecule has 0 bridgehead atoms. The van der Waals surface area contributed by atoms with Crippen LogP contribution < -0.4 is 5.32 Å². The van der Waals surface area contributed by atoms with Gasteiger partial charge in [0.25, 0.3) is 0 Å². The molecule has 0 aromatic heterocycles. The molecule has 0 aliphatic rings. The second-order valence-electron chi connectivity index (χ2n) is 3.09. The van der Waals surface area contributed by atoms with Gasteiger partial charge in [-0.1, -0.05) is 30.3 Å². The molecule has 0 radical (unpaired) electrons. The molecule has 0 spiro atoms. The second-order valence-corrected chi connectivity index (χ2v) is 5.30. The third-order valence-electron chi connectivity index (χ3n) is 1.77. The summed E-state index contributed by atoms with van der Waals surface area (Å²) in [6.07, 6.45) is 0. The maximum Gasteiger partial charge on any atom is 0.325 e. The summed E-state index contributed by atoms with van der Waals surface area (Å²) in [5.74, 6) is 0. The van der Waals surface area contributed by atoms with Crippen LogP contribution in [0.1, 0.15) is 5.56 Å². The van der Waals surface area contributed by atoms with E-state index < -0.39 is 9.28 Å². The fraction of sp³-hybridized carbons (Fsp3) is 0.455. The monoisotopic (exact) mass is 227 g/mol. The number of hydrogen-bond donors (Lipinski definition) is 1. The fourth-order valence-electron chi connectivity index (χ4n) is 1.07. The predicted molar refractivity (Wildman–Crippen MR) is 66.3 cm³/mol. The normalized spacial score (nSPS) is 9.67. The summed E-state index contributed by atoms with van der Waals surface area (Å²) in [4.78, 5) is 0. The lowest BCUT2D eigenvalue weighted by atomic mass is 10.2. The van der Waals surface area contributed by atoms with E-state index in [1.54, 1.807) is 14.2 Å². The molecule has 15 heavy (non-hydrogen) atoms. The minimum Gasteiger partial charge on any atom is -0.400 e. The molecule has 1 rings (SSSR count). The molecule has 0 unspecified atom stereocenters. The Kier molecular flexibility index (Phi) is 9.41. The molecule has 86 valence electrons. The Balaban J connectivity index is 0.000000583. The van der Waals surface area contributed by atoms with Gasteiger partial charge in [-0.2, -0.15) is 0 Å². The summed E-state index contributed by atoms with van der Waals surface area (Å²) in [6.45, 7) is 0. The molecule has 1 aromatic carbocycles. The van der Waals surface area contributed by atoms with E-state index in [2.05, 4.69) is 17.4 Å². The molecule has 0 saturated carbocycles. The van der Waals surface area contributed by atoms with E-state index in [9.17, 15) is 0 Å². The standard InChI is InChI=1S/C9H14O2Si.C2H7N/c1-10-12(11-2)8-9-6-4-3-5-7-9;1-3-2/h3-7,12H,8H2,1-2H3;3H,1-2H3. The summed E-state index contributed by atoms with van der Waals surface area (Å²) in [5.41, 5.74) is 1.29. The Morgan fingerprint density at radius 1 is 1.07 bits per heavy atom. The first-order valence-electron chi connectivity index (χ1n) is 4.96. The molecule has 0 aliphatic carbocycles. The fourth-order valence-corrected chi connectivity index (χ4v) is 2.25. The molecule has 0 fully saturated rings. The van der Waals surface area contributed by atoms with Crippen molar-refractivity contribution >= 4 is 9.28 Å². The zero-order valence-corrected chi connectivity index (χ0v) is 11.1. The van der Waals surface area contributed by atoms with Crippen LogP contribution >= 0.6 is 0 Å². The lowest BCUT2D eigenvalue weighted by Gasteiger charge is -2.09. The van der Waals surface area contributed by atoms with Crippen LogP contribution in [-0.2, 0) is 14.9 Å². The number of nitrogens with one attached hydrogen (secondary N) is 1. The molecule has 0 atom stereocenters. The predicted octanol–water partition coefficient (Wildman–Crippen LogP) is 1.12. The van der Waals surface area contributed by atoms with Crippen LogP contribution in [-0.4, -0.2) is 37.6 Å². The molecule has 0 aliphatic heterocycles. The zero-order valence-electron chi connectivity index (χ0n) is 9.99. The summed E-state index contributed by atoms with van der Waals surface area (Å²) in [7, 11) is 5.75. The third-order valence-corrected chi connectivity index (χ3v) is 3.63. The average Bonchev–Trinajstić information content (AvgIpc) is 2.28. The number of hydrogen-bond acceptors (Lipinski definition) is 3. The topological polar surface area (TPSA) is 30.5 Å². The molecule has 1 aromatic rings. The van der Waals surface area contributed by atoms with Gasteiger partial charge in [-0.3, -0.25) is 0 Å². The van der Waals surface area contributed by atoms with Crippen molar-refractivity contribution in [3.05, 3.63) is 35.9 Å². The summed E-state index contributed by atoms with van der Waals surface area (Å²) in [5, 5.41) is 2.75. The van der Waals surface area contributed by atoms with Gasteiger partial charge in [-0.25, -0.2) is 0 Å². The van der Waals surface area contributed by atoms with E-state index in [-0.39, 0.29) is 0 Å². The van der Waals surface area contributed by atoms with Crippen molar-refractivity contribution in [1.29, 1.82) is 0 Å². The highest BCUT2D eigenvalue weighted by molar-refractivity contribution is 6.43.